The molecule has 0 saturated heterocycles. The van der Waals surface area contributed by atoms with Crippen molar-refractivity contribution < 1.29 is 31.0 Å². The number of nitrogens with one attached hydrogen (secondary N) is 1. The van der Waals surface area contributed by atoms with Crippen LogP contribution in [0.5, 0.6) is 0 Å². The van der Waals surface area contributed by atoms with Gasteiger partial charge in [0, 0.05) is 12.1 Å². The minimum Gasteiger partial charge on any atom is -1.00 e. The van der Waals surface area contributed by atoms with E-state index in [4.69, 9.17) is 0 Å². The van der Waals surface area contributed by atoms with Crippen molar-refractivity contribution in [2.75, 3.05) is 0 Å². The zero-order chi connectivity index (χ0) is 5.86. The molecule has 0 fully saturated rings. The maximum atomic E-state index is 3.31. The molecule has 0 unspecified atom stereocenters. The van der Waals surface area contributed by atoms with Gasteiger partial charge in [0.05, 0.1) is 0 Å². The molecule has 0 amide bonds. The van der Waals surface area contributed by atoms with E-state index in [0.29, 0.717) is 12.1 Å². The molecule has 0 rings (SSSR count). The van der Waals surface area contributed by atoms with Crippen LogP contribution in [0.1, 0.15) is 29.1 Å². The van der Waals surface area contributed by atoms with E-state index in [-0.39, 0.29) is 31.0 Å². The Labute approximate surface area is 76.0 Å². The predicted molar refractivity (Wildman–Crippen MR) is 34.5 cm³/mol. The molecule has 0 atom stereocenters. The van der Waals surface area contributed by atoms with Crippen molar-refractivity contribution in [2.24, 2.45) is 0 Å². The Morgan fingerprint density at radius 1 is 1.00 bits per heavy atom. The molecule has 0 saturated carbocycles. The van der Waals surface area contributed by atoms with Gasteiger partial charge in [0.1, 0.15) is 0 Å². The molecule has 0 aromatic rings. The predicted octanol–water partition coefficient (Wildman–Crippen LogP) is -1.49. The maximum absolute atomic E-state index is 3.31. The van der Waals surface area contributed by atoms with Gasteiger partial charge in [0.2, 0.25) is 0 Å². The van der Waals surface area contributed by atoms with Gasteiger partial charge in [-0.1, -0.05) is 27.7 Å². The summed E-state index contributed by atoms with van der Waals surface area (Å²) >= 11 is 0. The summed E-state index contributed by atoms with van der Waals surface area (Å²) in [5.41, 5.74) is 0. The van der Waals surface area contributed by atoms with Gasteiger partial charge < -0.3 is 6.74 Å². The fraction of sp³-hybridized carbons (Fsp3) is 1.00. The fourth-order valence-corrected chi connectivity index (χ4v) is 0.667. The Hall–Kier alpha value is 0.960. The third kappa shape index (κ3) is 10.0. The van der Waals surface area contributed by atoms with Crippen LogP contribution in [0.3, 0.4) is 0 Å². The van der Waals surface area contributed by atoms with Gasteiger partial charge in [-0.2, -0.15) is 0 Å². The third-order valence-electron chi connectivity index (χ3n) is 0.667. The number of rotatable bonds is 2. The molecule has 0 spiro atoms. The summed E-state index contributed by atoms with van der Waals surface area (Å²) in [5.74, 6) is 0. The molecule has 0 aliphatic heterocycles. The van der Waals surface area contributed by atoms with Crippen LogP contribution < -0.4 is 34.9 Å². The first-order valence-electron chi connectivity index (χ1n) is 2.89. The minimum atomic E-state index is 0. The van der Waals surface area contributed by atoms with Crippen LogP contribution in [0, 0.1) is 0 Å². The van der Waals surface area contributed by atoms with Crippen LogP contribution in [0.4, 0.5) is 0 Å². The molecule has 0 aliphatic carbocycles. The Morgan fingerprint density at radius 3 is 1.25 bits per heavy atom. The summed E-state index contributed by atoms with van der Waals surface area (Å²) in [6.45, 7) is 8.61. The normalized spacial score (nSPS) is 9.75. The molecule has 0 aromatic heterocycles. The van der Waals surface area contributed by atoms with Crippen LogP contribution in [0.2, 0.25) is 0 Å². The molecular formula is C6H16NNa. The van der Waals surface area contributed by atoms with E-state index in [9.17, 15) is 0 Å². The molecule has 1 nitrogen and oxygen atoms in total. The van der Waals surface area contributed by atoms with Crippen LogP contribution in [0.25, 0.3) is 0 Å². The van der Waals surface area contributed by atoms with E-state index in [1.807, 2.05) is 0 Å². The van der Waals surface area contributed by atoms with Gasteiger partial charge in [0.15, 0.2) is 0 Å². The standard InChI is InChI=1S/C6H15N.Na.H/c1-5(2)7-6(3)4;;/h5-7H,1-4H3;;/q;+1;-1. The van der Waals surface area contributed by atoms with Crippen molar-refractivity contribution in [3.05, 3.63) is 0 Å². The van der Waals surface area contributed by atoms with Crippen molar-refractivity contribution in [1.82, 2.24) is 5.32 Å². The van der Waals surface area contributed by atoms with Gasteiger partial charge >= 0.3 is 29.6 Å². The molecule has 0 heterocycles. The second-order valence-electron chi connectivity index (χ2n) is 2.48. The number of hydrogen-bond acceptors (Lipinski definition) is 1. The van der Waals surface area contributed by atoms with E-state index < -0.39 is 0 Å². The fourth-order valence-electron chi connectivity index (χ4n) is 0.667. The van der Waals surface area contributed by atoms with Crippen molar-refractivity contribution >= 4 is 0 Å². The number of hydrogen-bond donors (Lipinski definition) is 1. The van der Waals surface area contributed by atoms with Crippen LogP contribution in [-0.4, -0.2) is 12.1 Å². The van der Waals surface area contributed by atoms with E-state index in [0.717, 1.165) is 0 Å². The Bertz CT molecular complexity index is 42.3. The second-order valence-corrected chi connectivity index (χ2v) is 2.48. The molecular weight excluding hydrogens is 109 g/mol. The van der Waals surface area contributed by atoms with Gasteiger partial charge in [-0.15, -0.1) is 0 Å². The van der Waals surface area contributed by atoms with Gasteiger partial charge in [0.25, 0.3) is 0 Å². The molecule has 0 radical (unpaired) electrons. The van der Waals surface area contributed by atoms with Crippen LogP contribution in [0.15, 0.2) is 0 Å². The molecule has 0 bridgehead atoms. The first-order valence-corrected chi connectivity index (χ1v) is 2.89. The third-order valence-corrected chi connectivity index (χ3v) is 0.667. The molecule has 0 aliphatic rings. The van der Waals surface area contributed by atoms with Crippen molar-refractivity contribution in [1.29, 1.82) is 0 Å². The summed E-state index contributed by atoms with van der Waals surface area (Å²) in [6.07, 6.45) is 0. The largest absolute Gasteiger partial charge is 1.00 e. The zero-order valence-corrected chi connectivity index (χ0v) is 8.65. The second kappa shape index (κ2) is 6.09. The molecule has 46 valence electrons. The Morgan fingerprint density at radius 2 is 1.25 bits per heavy atom. The van der Waals surface area contributed by atoms with E-state index in [1.165, 1.54) is 0 Å². The first kappa shape index (κ1) is 11.7. The molecule has 0 aromatic carbocycles. The Kier molecular flexibility index (Phi) is 8.92. The van der Waals surface area contributed by atoms with Crippen LogP contribution >= 0.6 is 0 Å². The smallest absolute Gasteiger partial charge is 1.00 e. The quantitative estimate of drug-likeness (QED) is 0.443. The first-order chi connectivity index (χ1) is 3.13. The monoisotopic (exact) mass is 125 g/mol. The summed E-state index contributed by atoms with van der Waals surface area (Å²) in [6, 6.07) is 1.25. The molecule has 1 N–H and O–H groups in total. The Balaban J connectivity index is -0.000000180. The van der Waals surface area contributed by atoms with Crippen molar-refractivity contribution in [3.8, 4) is 0 Å². The minimum absolute atomic E-state index is 0. The average molecular weight is 125 g/mol. The molecule has 8 heavy (non-hydrogen) atoms. The topological polar surface area (TPSA) is 12.0 Å². The van der Waals surface area contributed by atoms with Gasteiger partial charge in [-0.05, 0) is 0 Å². The van der Waals surface area contributed by atoms with Crippen molar-refractivity contribution in [3.63, 3.8) is 0 Å². The summed E-state index contributed by atoms with van der Waals surface area (Å²) in [7, 11) is 0. The van der Waals surface area contributed by atoms with Crippen LogP contribution in [-0.2, 0) is 0 Å². The average Bonchev–Trinajstić information content (AvgIpc) is 1.27. The van der Waals surface area contributed by atoms with E-state index >= 15 is 0 Å². The summed E-state index contributed by atoms with van der Waals surface area (Å²) in [5, 5.41) is 3.31. The molecule has 2 heteroatoms. The zero-order valence-electron chi connectivity index (χ0n) is 7.65. The van der Waals surface area contributed by atoms with Crippen molar-refractivity contribution in [2.45, 2.75) is 39.8 Å². The van der Waals surface area contributed by atoms with E-state index in [2.05, 4.69) is 33.0 Å². The maximum Gasteiger partial charge on any atom is 1.00 e. The summed E-state index contributed by atoms with van der Waals surface area (Å²) in [4.78, 5) is 0. The van der Waals surface area contributed by atoms with Gasteiger partial charge in [-0.3, -0.25) is 0 Å². The SMILES string of the molecule is CC(C)NC(C)C.[H-].[Na+]. The van der Waals surface area contributed by atoms with E-state index in [1.54, 1.807) is 0 Å². The summed E-state index contributed by atoms with van der Waals surface area (Å²) < 4.78 is 0. The van der Waals surface area contributed by atoms with Gasteiger partial charge in [-0.25, -0.2) is 0 Å².